The van der Waals surface area contributed by atoms with E-state index in [1.807, 2.05) is 12.1 Å². The van der Waals surface area contributed by atoms with Gasteiger partial charge >= 0.3 is 0 Å². The molecule has 6 heteroatoms. The highest BCUT2D eigenvalue weighted by molar-refractivity contribution is 6.05. The molecule has 0 spiro atoms. The SMILES string of the molecule is CC(=O)Nc1cccc(C(=O)Nc2cccc(N3CCCC3=O)c2)c1. The fourth-order valence-electron chi connectivity index (χ4n) is 2.82. The normalized spacial score (nSPS) is 13.6. The molecule has 0 atom stereocenters. The molecule has 6 nitrogen and oxygen atoms in total. The van der Waals surface area contributed by atoms with Crippen molar-refractivity contribution in [2.24, 2.45) is 0 Å². The molecular formula is C19H19N3O3. The Morgan fingerprint density at radius 2 is 1.72 bits per heavy atom. The molecule has 1 aliphatic heterocycles. The van der Waals surface area contributed by atoms with Gasteiger partial charge in [-0.25, -0.2) is 0 Å². The summed E-state index contributed by atoms with van der Waals surface area (Å²) in [4.78, 5) is 37.2. The molecule has 3 rings (SSSR count). The summed E-state index contributed by atoms with van der Waals surface area (Å²) in [6.45, 7) is 2.12. The maximum atomic E-state index is 12.4. The standard InChI is InChI=1S/C19H19N3O3/c1-13(23)20-15-6-2-5-14(11-15)19(25)21-16-7-3-8-17(12-16)22-10-4-9-18(22)24/h2-3,5-8,11-12H,4,9-10H2,1H3,(H,20,23)(H,21,25). The second-order valence-electron chi connectivity index (χ2n) is 5.92. The van der Waals surface area contributed by atoms with Gasteiger partial charge in [0, 0.05) is 42.5 Å². The molecule has 25 heavy (non-hydrogen) atoms. The van der Waals surface area contributed by atoms with Crippen molar-refractivity contribution in [3.05, 3.63) is 54.1 Å². The summed E-state index contributed by atoms with van der Waals surface area (Å²) < 4.78 is 0. The van der Waals surface area contributed by atoms with Gasteiger partial charge in [0.05, 0.1) is 0 Å². The van der Waals surface area contributed by atoms with E-state index >= 15 is 0 Å². The number of hydrogen-bond donors (Lipinski definition) is 2. The zero-order valence-electron chi connectivity index (χ0n) is 13.9. The largest absolute Gasteiger partial charge is 0.326 e. The number of carbonyl (C=O) groups excluding carboxylic acids is 3. The molecule has 0 unspecified atom stereocenters. The first-order valence-electron chi connectivity index (χ1n) is 8.12. The Bertz CT molecular complexity index is 832. The van der Waals surface area contributed by atoms with Gasteiger partial charge in [0.25, 0.3) is 5.91 Å². The van der Waals surface area contributed by atoms with E-state index in [4.69, 9.17) is 0 Å². The van der Waals surface area contributed by atoms with E-state index in [9.17, 15) is 14.4 Å². The van der Waals surface area contributed by atoms with E-state index in [-0.39, 0.29) is 17.7 Å². The van der Waals surface area contributed by atoms with E-state index in [1.165, 1.54) is 6.92 Å². The lowest BCUT2D eigenvalue weighted by atomic mass is 10.1. The Labute approximate surface area is 145 Å². The number of amides is 3. The number of anilines is 3. The van der Waals surface area contributed by atoms with Crippen molar-refractivity contribution in [2.45, 2.75) is 19.8 Å². The molecule has 2 N–H and O–H groups in total. The first kappa shape index (κ1) is 16.7. The minimum absolute atomic E-state index is 0.103. The van der Waals surface area contributed by atoms with Crippen molar-refractivity contribution in [3.63, 3.8) is 0 Å². The van der Waals surface area contributed by atoms with Gasteiger partial charge in [-0.15, -0.1) is 0 Å². The fraction of sp³-hybridized carbons (Fsp3) is 0.211. The minimum Gasteiger partial charge on any atom is -0.326 e. The van der Waals surface area contributed by atoms with Crippen LogP contribution >= 0.6 is 0 Å². The molecule has 1 fully saturated rings. The van der Waals surface area contributed by atoms with Gasteiger partial charge in [0.2, 0.25) is 11.8 Å². The number of benzene rings is 2. The van der Waals surface area contributed by atoms with Crippen LogP contribution in [-0.4, -0.2) is 24.3 Å². The molecule has 3 amide bonds. The number of nitrogens with zero attached hydrogens (tertiary/aromatic N) is 1. The van der Waals surface area contributed by atoms with Gasteiger partial charge in [0.1, 0.15) is 0 Å². The van der Waals surface area contributed by atoms with E-state index in [2.05, 4.69) is 10.6 Å². The lowest BCUT2D eigenvalue weighted by molar-refractivity contribution is -0.117. The third kappa shape index (κ3) is 4.03. The molecule has 0 saturated carbocycles. The van der Waals surface area contributed by atoms with Crippen LogP contribution in [0.1, 0.15) is 30.1 Å². The highest BCUT2D eigenvalue weighted by Gasteiger charge is 2.21. The number of rotatable bonds is 4. The van der Waals surface area contributed by atoms with Crippen molar-refractivity contribution in [1.82, 2.24) is 0 Å². The van der Waals surface area contributed by atoms with E-state index in [1.54, 1.807) is 41.3 Å². The van der Waals surface area contributed by atoms with Crippen molar-refractivity contribution in [3.8, 4) is 0 Å². The van der Waals surface area contributed by atoms with Crippen molar-refractivity contribution < 1.29 is 14.4 Å². The van der Waals surface area contributed by atoms with E-state index < -0.39 is 0 Å². The van der Waals surface area contributed by atoms with Crippen molar-refractivity contribution in [1.29, 1.82) is 0 Å². The zero-order chi connectivity index (χ0) is 17.8. The quantitative estimate of drug-likeness (QED) is 0.900. The average Bonchev–Trinajstić information content (AvgIpc) is 3.01. The fourth-order valence-corrected chi connectivity index (χ4v) is 2.82. The van der Waals surface area contributed by atoms with Gasteiger partial charge < -0.3 is 15.5 Å². The lowest BCUT2D eigenvalue weighted by Gasteiger charge is -2.17. The summed E-state index contributed by atoms with van der Waals surface area (Å²) in [6.07, 6.45) is 1.41. The zero-order valence-corrected chi connectivity index (χ0v) is 13.9. The van der Waals surface area contributed by atoms with Crippen LogP contribution < -0.4 is 15.5 Å². The molecular weight excluding hydrogens is 318 g/mol. The van der Waals surface area contributed by atoms with Gasteiger partial charge in [-0.2, -0.15) is 0 Å². The summed E-state index contributed by atoms with van der Waals surface area (Å²) in [7, 11) is 0. The topological polar surface area (TPSA) is 78.5 Å². The maximum Gasteiger partial charge on any atom is 0.255 e. The summed E-state index contributed by atoms with van der Waals surface area (Å²) in [6, 6.07) is 14.0. The average molecular weight is 337 g/mol. The Hall–Kier alpha value is -3.15. The summed E-state index contributed by atoms with van der Waals surface area (Å²) in [5, 5.41) is 5.48. The van der Waals surface area contributed by atoms with Crippen LogP contribution in [0.3, 0.4) is 0 Å². The van der Waals surface area contributed by atoms with Crippen LogP contribution in [-0.2, 0) is 9.59 Å². The Kier molecular flexibility index (Phi) is 4.79. The third-order valence-electron chi connectivity index (χ3n) is 3.93. The van der Waals surface area contributed by atoms with Gasteiger partial charge in [-0.05, 0) is 42.8 Å². The molecule has 0 aromatic heterocycles. The first-order chi connectivity index (χ1) is 12.0. The van der Waals surface area contributed by atoms with Crippen LogP contribution in [0, 0.1) is 0 Å². The predicted molar refractivity (Wildman–Crippen MR) is 96.7 cm³/mol. The number of hydrogen-bond acceptors (Lipinski definition) is 3. The van der Waals surface area contributed by atoms with E-state index in [0.29, 0.717) is 29.9 Å². The Morgan fingerprint density at radius 3 is 2.40 bits per heavy atom. The van der Waals surface area contributed by atoms with Crippen LogP contribution in [0.15, 0.2) is 48.5 Å². The molecule has 0 bridgehead atoms. The third-order valence-corrected chi connectivity index (χ3v) is 3.93. The smallest absolute Gasteiger partial charge is 0.255 e. The molecule has 0 radical (unpaired) electrons. The van der Waals surface area contributed by atoms with Gasteiger partial charge in [-0.3, -0.25) is 14.4 Å². The summed E-state index contributed by atoms with van der Waals surface area (Å²) in [5.41, 5.74) is 2.41. The highest BCUT2D eigenvalue weighted by Crippen LogP contribution is 2.24. The molecule has 128 valence electrons. The summed E-state index contributed by atoms with van der Waals surface area (Å²) in [5.74, 6) is -0.371. The van der Waals surface area contributed by atoms with E-state index in [0.717, 1.165) is 12.1 Å². The van der Waals surface area contributed by atoms with Crippen LogP contribution in [0.4, 0.5) is 17.1 Å². The van der Waals surface area contributed by atoms with Crippen molar-refractivity contribution >= 4 is 34.8 Å². The van der Waals surface area contributed by atoms with Crippen LogP contribution in [0.5, 0.6) is 0 Å². The Morgan fingerprint density at radius 1 is 1.00 bits per heavy atom. The van der Waals surface area contributed by atoms with Crippen LogP contribution in [0.2, 0.25) is 0 Å². The highest BCUT2D eigenvalue weighted by atomic mass is 16.2. The molecule has 2 aromatic carbocycles. The molecule has 1 saturated heterocycles. The molecule has 0 aliphatic carbocycles. The van der Waals surface area contributed by atoms with Crippen molar-refractivity contribution in [2.75, 3.05) is 22.1 Å². The Balaban J connectivity index is 1.75. The second kappa shape index (κ2) is 7.17. The predicted octanol–water partition coefficient (Wildman–Crippen LogP) is 3.02. The number of carbonyl (C=O) groups is 3. The first-order valence-corrected chi connectivity index (χ1v) is 8.12. The number of nitrogens with one attached hydrogen (secondary N) is 2. The monoisotopic (exact) mass is 337 g/mol. The molecule has 1 aliphatic rings. The maximum absolute atomic E-state index is 12.4. The lowest BCUT2D eigenvalue weighted by Crippen LogP contribution is -2.23. The molecule has 1 heterocycles. The molecule has 2 aromatic rings. The van der Waals surface area contributed by atoms with Crippen LogP contribution in [0.25, 0.3) is 0 Å². The van der Waals surface area contributed by atoms with Gasteiger partial charge in [-0.1, -0.05) is 12.1 Å². The van der Waals surface area contributed by atoms with Gasteiger partial charge in [0.15, 0.2) is 0 Å². The summed E-state index contributed by atoms with van der Waals surface area (Å²) >= 11 is 0. The second-order valence-corrected chi connectivity index (χ2v) is 5.92. The minimum atomic E-state index is -0.280.